The van der Waals surface area contributed by atoms with Crippen LogP contribution in [-0.2, 0) is 9.53 Å². The summed E-state index contributed by atoms with van der Waals surface area (Å²) in [5, 5.41) is 3.18. The molecule has 1 fully saturated rings. The van der Waals surface area contributed by atoms with E-state index in [0.29, 0.717) is 19.8 Å². The molecular weight excluding hydrogens is 230 g/mol. The minimum absolute atomic E-state index is 0.135. The maximum atomic E-state index is 11.9. The molecule has 4 nitrogen and oxygen atoms in total. The molecule has 1 atom stereocenters. The molecule has 1 aromatic carbocycles. The van der Waals surface area contributed by atoms with E-state index < -0.39 is 0 Å². The second kappa shape index (κ2) is 5.87. The Morgan fingerprint density at radius 3 is 2.78 bits per heavy atom. The third kappa shape index (κ3) is 3.23. The Morgan fingerprint density at radius 2 is 2.11 bits per heavy atom. The normalized spacial score (nSPS) is 22.7. The molecule has 0 bridgehead atoms. The smallest absolute Gasteiger partial charge is 0.313 e. The van der Waals surface area contributed by atoms with Gasteiger partial charge in [-0.1, -0.05) is 18.2 Å². The number of carbonyl (C=O) groups excluding carboxylic acids is 1. The van der Waals surface area contributed by atoms with Crippen LogP contribution in [0.5, 0.6) is 5.75 Å². The van der Waals surface area contributed by atoms with Crippen LogP contribution in [0, 0.1) is 5.41 Å². The van der Waals surface area contributed by atoms with Gasteiger partial charge in [-0.05, 0) is 32.0 Å². The van der Waals surface area contributed by atoms with Gasteiger partial charge >= 0.3 is 5.97 Å². The second-order valence-corrected chi connectivity index (χ2v) is 4.78. The largest absolute Gasteiger partial charge is 0.490 e. The van der Waals surface area contributed by atoms with E-state index in [2.05, 4.69) is 5.32 Å². The van der Waals surface area contributed by atoms with Crippen molar-refractivity contribution in [1.82, 2.24) is 5.32 Å². The maximum Gasteiger partial charge on any atom is 0.313 e. The minimum Gasteiger partial charge on any atom is -0.490 e. The first kappa shape index (κ1) is 12.9. The van der Waals surface area contributed by atoms with Gasteiger partial charge in [-0.2, -0.15) is 0 Å². The van der Waals surface area contributed by atoms with Gasteiger partial charge < -0.3 is 14.8 Å². The Bertz CT molecular complexity index is 385. The average Bonchev–Trinajstić information content (AvgIpc) is 2.84. The first-order valence-corrected chi connectivity index (χ1v) is 6.26. The number of hydrogen-bond acceptors (Lipinski definition) is 4. The summed E-state index contributed by atoms with van der Waals surface area (Å²) in [5.41, 5.74) is -0.368. The molecule has 1 unspecified atom stereocenters. The molecule has 1 aliphatic rings. The Hall–Kier alpha value is -1.55. The van der Waals surface area contributed by atoms with Crippen LogP contribution in [0.2, 0.25) is 0 Å². The number of hydrogen-bond donors (Lipinski definition) is 1. The second-order valence-electron chi connectivity index (χ2n) is 4.78. The van der Waals surface area contributed by atoms with Crippen LogP contribution in [0.15, 0.2) is 30.3 Å². The Morgan fingerprint density at radius 1 is 1.33 bits per heavy atom. The van der Waals surface area contributed by atoms with Crippen LogP contribution in [0.1, 0.15) is 13.3 Å². The van der Waals surface area contributed by atoms with Crippen molar-refractivity contribution in [2.75, 3.05) is 26.3 Å². The van der Waals surface area contributed by atoms with Crippen molar-refractivity contribution in [3.05, 3.63) is 30.3 Å². The van der Waals surface area contributed by atoms with Gasteiger partial charge in [0.15, 0.2) is 0 Å². The number of carbonyl (C=O) groups is 1. The first-order chi connectivity index (χ1) is 8.71. The number of benzene rings is 1. The van der Waals surface area contributed by atoms with Crippen molar-refractivity contribution in [1.29, 1.82) is 0 Å². The molecule has 1 heterocycles. The summed E-state index contributed by atoms with van der Waals surface area (Å²) in [7, 11) is 0. The fraction of sp³-hybridized carbons (Fsp3) is 0.500. The fourth-order valence-electron chi connectivity index (χ4n) is 1.98. The van der Waals surface area contributed by atoms with Crippen molar-refractivity contribution >= 4 is 5.97 Å². The van der Waals surface area contributed by atoms with Crippen molar-refractivity contribution in [3.63, 3.8) is 0 Å². The number of esters is 1. The molecule has 1 saturated heterocycles. The lowest BCUT2D eigenvalue weighted by molar-refractivity contribution is -0.154. The van der Waals surface area contributed by atoms with E-state index in [0.717, 1.165) is 18.7 Å². The van der Waals surface area contributed by atoms with Crippen molar-refractivity contribution in [2.24, 2.45) is 5.41 Å². The van der Waals surface area contributed by atoms with Crippen LogP contribution in [-0.4, -0.2) is 32.3 Å². The molecule has 1 N–H and O–H groups in total. The SMILES string of the molecule is CC1(C(=O)OCCOc2ccccc2)CCNC1. The zero-order valence-corrected chi connectivity index (χ0v) is 10.6. The molecule has 0 radical (unpaired) electrons. The topological polar surface area (TPSA) is 47.6 Å². The third-order valence-electron chi connectivity index (χ3n) is 3.19. The quantitative estimate of drug-likeness (QED) is 0.636. The number of ether oxygens (including phenoxy) is 2. The lowest BCUT2D eigenvalue weighted by Crippen LogP contribution is -2.32. The van der Waals surface area contributed by atoms with Gasteiger partial charge in [0.2, 0.25) is 0 Å². The van der Waals surface area contributed by atoms with E-state index in [1.54, 1.807) is 0 Å². The Balaban J connectivity index is 1.68. The molecule has 98 valence electrons. The van der Waals surface area contributed by atoms with E-state index in [1.165, 1.54) is 0 Å². The Kier molecular flexibility index (Phi) is 4.20. The van der Waals surface area contributed by atoms with E-state index >= 15 is 0 Å². The van der Waals surface area contributed by atoms with Crippen molar-refractivity contribution in [3.8, 4) is 5.75 Å². The predicted octanol–water partition coefficient (Wildman–Crippen LogP) is 1.61. The van der Waals surface area contributed by atoms with Gasteiger partial charge in [-0.15, -0.1) is 0 Å². The molecule has 0 aromatic heterocycles. The average molecular weight is 249 g/mol. The highest BCUT2D eigenvalue weighted by molar-refractivity contribution is 5.77. The van der Waals surface area contributed by atoms with Crippen LogP contribution < -0.4 is 10.1 Å². The summed E-state index contributed by atoms with van der Waals surface area (Å²) in [6, 6.07) is 9.51. The van der Waals surface area contributed by atoms with Crippen LogP contribution in [0.3, 0.4) is 0 Å². The standard InChI is InChI=1S/C14H19NO3/c1-14(7-8-15-11-14)13(16)18-10-9-17-12-5-3-2-4-6-12/h2-6,15H,7-11H2,1H3. The number of para-hydroxylation sites is 1. The first-order valence-electron chi connectivity index (χ1n) is 6.26. The zero-order chi connectivity index (χ0) is 12.8. The third-order valence-corrected chi connectivity index (χ3v) is 3.19. The summed E-state index contributed by atoms with van der Waals surface area (Å²) in [5.74, 6) is 0.659. The highest BCUT2D eigenvalue weighted by Gasteiger charge is 2.37. The summed E-state index contributed by atoms with van der Waals surface area (Å²) in [4.78, 5) is 11.9. The van der Waals surface area contributed by atoms with E-state index in [9.17, 15) is 4.79 Å². The van der Waals surface area contributed by atoms with Crippen molar-refractivity contribution in [2.45, 2.75) is 13.3 Å². The fourth-order valence-corrected chi connectivity index (χ4v) is 1.98. The maximum absolute atomic E-state index is 11.9. The van der Waals surface area contributed by atoms with Gasteiger partial charge in [-0.25, -0.2) is 0 Å². The molecule has 0 spiro atoms. The summed E-state index contributed by atoms with van der Waals surface area (Å²) in [6.07, 6.45) is 0.839. The monoisotopic (exact) mass is 249 g/mol. The van der Waals surface area contributed by atoms with E-state index in [1.807, 2.05) is 37.3 Å². The number of nitrogens with one attached hydrogen (secondary N) is 1. The molecule has 1 aromatic rings. The molecule has 4 heteroatoms. The Labute approximate surface area is 107 Å². The minimum atomic E-state index is -0.368. The van der Waals surface area contributed by atoms with Crippen LogP contribution in [0.4, 0.5) is 0 Å². The van der Waals surface area contributed by atoms with Crippen molar-refractivity contribution < 1.29 is 14.3 Å². The highest BCUT2D eigenvalue weighted by Crippen LogP contribution is 2.25. The van der Waals surface area contributed by atoms with Gasteiger partial charge in [0, 0.05) is 6.54 Å². The molecule has 2 rings (SSSR count). The van der Waals surface area contributed by atoms with Crippen LogP contribution in [0.25, 0.3) is 0 Å². The summed E-state index contributed by atoms with van der Waals surface area (Å²) >= 11 is 0. The van der Waals surface area contributed by atoms with Gasteiger partial charge in [0.25, 0.3) is 0 Å². The lowest BCUT2D eigenvalue weighted by atomic mass is 9.90. The lowest BCUT2D eigenvalue weighted by Gasteiger charge is -2.20. The van der Waals surface area contributed by atoms with Gasteiger partial charge in [-0.3, -0.25) is 4.79 Å². The summed E-state index contributed by atoms with van der Waals surface area (Å²) < 4.78 is 10.7. The molecule has 18 heavy (non-hydrogen) atoms. The van der Waals surface area contributed by atoms with E-state index in [-0.39, 0.29) is 11.4 Å². The molecule has 0 aliphatic carbocycles. The number of rotatable bonds is 5. The molecule has 0 amide bonds. The zero-order valence-electron chi connectivity index (χ0n) is 10.6. The molecule has 0 saturated carbocycles. The summed E-state index contributed by atoms with van der Waals surface area (Å²) in [6.45, 7) is 4.20. The predicted molar refractivity (Wildman–Crippen MR) is 68.5 cm³/mol. The molecule has 1 aliphatic heterocycles. The van der Waals surface area contributed by atoms with Gasteiger partial charge in [0.05, 0.1) is 5.41 Å². The van der Waals surface area contributed by atoms with Gasteiger partial charge in [0.1, 0.15) is 19.0 Å². The van der Waals surface area contributed by atoms with Crippen LogP contribution >= 0.6 is 0 Å². The van der Waals surface area contributed by atoms with E-state index in [4.69, 9.17) is 9.47 Å². The highest BCUT2D eigenvalue weighted by atomic mass is 16.6. The molecular formula is C14H19NO3.